The van der Waals surface area contributed by atoms with Gasteiger partial charge in [-0.05, 0) is 0 Å². The number of hydrogen-bond acceptors (Lipinski definition) is 8. The number of rotatable bonds is 7. The summed E-state index contributed by atoms with van der Waals surface area (Å²) >= 11 is 0. The van der Waals surface area contributed by atoms with Crippen LogP contribution in [-0.2, 0) is 9.68 Å². The minimum absolute atomic E-state index is 0.889. The van der Waals surface area contributed by atoms with Crippen LogP contribution in [0.15, 0.2) is 0 Å². The predicted molar refractivity (Wildman–Crippen MR) is 37.9 cm³/mol. The highest BCUT2D eigenvalue weighted by atomic mass is 17.0. The third-order valence-corrected chi connectivity index (χ3v) is 1.22. The van der Waals surface area contributed by atoms with E-state index in [9.17, 15) is 20.2 Å². The molecular weight excluding hydrogens is 204 g/mol. The van der Waals surface area contributed by atoms with Gasteiger partial charge in [0.2, 0.25) is 0 Å². The summed E-state index contributed by atoms with van der Waals surface area (Å²) < 4.78 is 0. The van der Waals surface area contributed by atoms with E-state index < -0.39 is 35.6 Å². The molecule has 0 aromatic carbocycles. The first-order valence-corrected chi connectivity index (χ1v) is 3.35. The van der Waals surface area contributed by atoms with E-state index in [1.54, 1.807) is 0 Å². The Morgan fingerprint density at radius 3 is 1.43 bits per heavy atom. The molecule has 0 unspecified atom stereocenters. The van der Waals surface area contributed by atoms with Crippen molar-refractivity contribution in [1.29, 1.82) is 0 Å². The second-order valence-electron chi connectivity index (χ2n) is 2.10. The molecule has 0 fully saturated rings. The van der Waals surface area contributed by atoms with Crippen molar-refractivity contribution in [2.24, 2.45) is 0 Å². The summed E-state index contributed by atoms with van der Waals surface area (Å²) in [5.41, 5.74) is 0. The normalized spacial score (nSPS) is 14.1. The molecule has 0 rings (SSSR count). The zero-order valence-electron chi connectivity index (χ0n) is 6.81. The second-order valence-corrected chi connectivity index (χ2v) is 2.10. The Hall–Kier alpha value is -1.68. The first kappa shape index (κ1) is 12.3. The molecule has 0 aliphatic rings. The molecule has 0 saturated heterocycles. The molecule has 10 heteroatoms. The van der Waals surface area contributed by atoms with Gasteiger partial charge < -0.3 is 19.9 Å². The lowest BCUT2D eigenvalue weighted by atomic mass is 10.2. The number of aliphatic hydroxyl groups is 2. The fourth-order valence-corrected chi connectivity index (χ4v) is 0.659. The van der Waals surface area contributed by atoms with Gasteiger partial charge >= 0.3 is 0 Å². The first-order chi connectivity index (χ1) is 6.51. The molecule has 0 aromatic rings. The maximum absolute atomic E-state index is 9.84. The lowest BCUT2D eigenvalue weighted by molar-refractivity contribution is -0.799. The highest BCUT2D eigenvalue weighted by Crippen LogP contribution is 2.03. The standard InChI is InChI=1S/C4H8N2O8/c7-1-3(13-5(9)10)4(2-8)14-6(11)12/h3-4,7-8H,1-2H2/t3-,4-/m0/s1. The molecule has 14 heavy (non-hydrogen) atoms. The third kappa shape index (κ3) is 4.37. The molecule has 0 aliphatic carbocycles. The van der Waals surface area contributed by atoms with Crippen LogP contribution >= 0.6 is 0 Å². The summed E-state index contributed by atoms with van der Waals surface area (Å²) in [5.74, 6) is 0. The van der Waals surface area contributed by atoms with Crippen molar-refractivity contribution in [2.75, 3.05) is 13.2 Å². The van der Waals surface area contributed by atoms with E-state index in [1.165, 1.54) is 0 Å². The van der Waals surface area contributed by atoms with Gasteiger partial charge in [0.05, 0.1) is 13.2 Å². The SMILES string of the molecule is O=[N+]([O-])O[C@@H](CO)[C@H](CO)O[N+](=O)[O-]. The zero-order valence-corrected chi connectivity index (χ0v) is 6.81. The van der Waals surface area contributed by atoms with Gasteiger partial charge in [0.25, 0.3) is 10.2 Å². The first-order valence-electron chi connectivity index (χ1n) is 3.35. The smallest absolute Gasteiger partial charge is 0.294 e. The largest absolute Gasteiger partial charge is 0.394 e. The van der Waals surface area contributed by atoms with Crippen LogP contribution in [0.25, 0.3) is 0 Å². The van der Waals surface area contributed by atoms with Crippen LogP contribution in [0.1, 0.15) is 0 Å². The third-order valence-electron chi connectivity index (χ3n) is 1.22. The van der Waals surface area contributed by atoms with Crippen LogP contribution < -0.4 is 0 Å². The molecule has 0 bridgehead atoms. The van der Waals surface area contributed by atoms with Gasteiger partial charge in [0, 0.05) is 0 Å². The molecule has 2 atom stereocenters. The number of aliphatic hydroxyl groups excluding tert-OH is 2. The molecule has 0 aromatic heterocycles. The average Bonchev–Trinajstić information content (AvgIpc) is 2.10. The molecule has 82 valence electrons. The monoisotopic (exact) mass is 212 g/mol. The van der Waals surface area contributed by atoms with Crippen molar-refractivity contribution in [3.63, 3.8) is 0 Å². The van der Waals surface area contributed by atoms with E-state index in [4.69, 9.17) is 10.2 Å². The van der Waals surface area contributed by atoms with Crippen molar-refractivity contribution in [3.05, 3.63) is 20.2 Å². The lowest BCUT2D eigenvalue weighted by Crippen LogP contribution is -2.40. The van der Waals surface area contributed by atoms with Crippen LogP contribution in [0.3, 0.4) is 0 Å². The number of nitrogens with zero attached hydrogens (tertiary/aromatic N) is 2. The fourth-order valence-electron chi connectivity index (χ4n) is 0.659. The summed E-state index contributed by atoms with van der Waals surface area (Å²) in [4.78, 5) is 27.4. The average molecular weight is 212 g/mol. The lowest BCUT2D eigenvalue weighted by Gasteiger charge is -2.19. The van der Waals surface area contributed by atoms with Crippen molar-refractivity contribution in [3.8, 4) is 0 Å². The topological polar surface area (TPSA) is 145 Å². The maximum atomic E-state index is 9.84. The van der Waals surface area contributed by atoms with Crippen LogP contribution in [0.4, 0.5) is 0 Å². The maximum Gasteiger partial charge on any atom is 0.294 e. The molecular formula is C4H8N2O8. The Kier molecular flexibility index (Phi) is 5.17. The van der Waals surface area contributed by atoms with Crippen LogP contribution in [0.2, 0.25) is 0 Å². The Labute approximate surface area is 76.9 Å². The van der Waals surface area contributed by atoms with E-state index in [0.717, 1.165) is 0 Å². The van der Waals surface area contributed by atoms with Crippen molar-refractivity contribution < 1.29 is 30.1 Å². The van der Waals surface area contributed by atoms with Gasteiger partial charge in [-0.25, -0.2) is 0 Å². The molecule has 0 aliphatic heterocycles. The van der Waals surface area contributed by atoms with E-state index in [2.05, 4.69) is 9.68 Å². The van der Waals surface area contributed by atoms with Gasteiger partial charge in [-0.15, -0.1) is 20.2 Å². The summed E-state index contributed by atoms with van der Waals surface area (Å²) in [6.45, 7) is -1.78. The summed E-state index contributed by atoms with van der Waals surface area (Å²) in [6.07, 6.45) is -3.19. The summed E-state index contributed by atoms with van der Waals surface area (Å²) in [5, 5.41) is 34.3. The highest BCUT2D eigenvalue weighted by molar-refractivity contribution is 4.65. The van der Waals surface area contributed by atoms with Crippen molar-refractivity contribution in [2.45, 2.75) is 12.2 Å². The zero-order chi connectivity index (χ0) is 11.1. The Balaban J connectivity index is 4.28. The summed E-state index contributed by atoms with van der Waals surface area (Å²) in [7, 11) is 0. The van der Waals surface area contributed by atoms with Crippen molar-refractivity contribution in [1.82, 2.24) is 0 Å². The molecule has 0 saturated carbocycles. The highest BCUT2D eigenvalue weighted by Gasteiger charge is 2.27. The molecule has 10 nitrogen and oxygen atoms in total. The predicted octanol–water partition coefficient (Wildman–Crippen LogP) is -1.88. The molecule has 0 radical (unpaired) electrons. The molecule has 0 spiro atoms. The van der Waals surface area contributed by atoms with Crippen LogP contribution in [-0.4, -0.2) is 45.8 Å². The Morgan fingerprint density at radius 1 is 1.00 bits per heavy atom. The molecule has 2 N–H and O–H groups in total. The Morgan fingerprint density at radius 2 is 1.29 bits per heavy atom. The quantitative estimate of drug-likeness (QED) is 0.368. The van der Waals surface area contributed by atoms with Crippen LogP contribution in [0, 0.1) is 20.2 Å². The second kappa shape index (κ2) is 5.88. The van der Waals surface area contributed by atoms with E-state index >= 15 is 0 Å². The fraction of sp³-hybridized carbons (Fsp3) is 1.00. The molecule has 0 amide bonds. The van der Waals surface area contributed by atoms with Gasteiger partial charge in [-0.2, -0.15) is 0 Å². The number of hydrogen-bond donors (Lipinski definition) is 2. The minimum atomic E-state index is -1.60. The van der Waals surface area contributed by atoms with Gasteiger partial charge in [0.1, 0.15) is 0 Å². The van der Waals surface area contributed by atoms with Gasteiger partial charge in [0.15, 0.2) is 12.2 Å². The van der Waals surface area contributed by atoms with E-state index in [1.807, 2.05) is 0 Å². The Bertz CT molecular complexity index is 186. The van der Waals surface area contributed by atoms with E-state index in [-0.39, 0.29) is 0 Å². The van der Waals surface area contributed by atoms with E-state index in [0.29, 0.717) is 0 Å². The van der Waals surface area contributed by atoms with Gasteiger partial charge in [-0.1, -0.05) is 0 Å². The van der Waals surface area contributed by atoms with Gasteiger partial charge in [-0.3, -0.25) is 0 Å². The minimum Gasteiger partial charge on any atom is -0.394 e. The summed E-state index contributed by atoms with van der Waals surface area (Å²) in [6, 6.07) is 0. The molecule has 0 heterocycles. The van der Waals surface area contributed by atoms with Crippen LogP contribution in [0.5, 0.6) is 0 Å². The van der Waals surface area contributed by atoms with Crippen molar-refractivity contribution >= 4 is 0 Å².